The first-order valence-electron chi connectivity index (χ1n) is 7.90. The van der Waals surface area contributed by atoms with E-state index in [9.17, 15) is 0 Å². The zero-order chi connectivity index (χ0) is 15.4. The van der Waals surface area contributed by atoms with Gasteiger partial charge in [0.2, 0.25) is 0 Å². The maximum atomic E-state index is 6.05. The molecule has 0 spiro atoms. The van der Waals surface area contributed by atoms with Crippen LogP contribution in [0.3, 0.4) is 0 Å². The van der Waals surface area contributed by atoms with Gasteiger partial charge < -0.3 is 15.5 Å². The Bertz CT molecular complexity index is 429. The number of likely N-dealkylation sites (tertiary alicyclic amines) is 1. The molecule has 1 aromatic rings. The molecule has 2 N–H and O–H groups in total. The molecule has 2 unspecified atom stereocenters. The summed E-state index contributed by atoms with van der Waals surface area (Å²) in [6.45, 7) is 2.98. The first-order chi connectivity index (χ1) is 10.0. The smallest absolute Gasteiger partial charge is 0.0468 e. The summed E-state index contributed by atoms with van der Waals surface area (Å²) in [5, 5.41) is 0. The second kappa shape index (κ2) is 7.25. The fourth-order valence-electron chi connectivity index (χ4n) is 3.23. The summed E-state index contributed by atoms with van der Waals surface area (Å²) in [7, 11) is 8.56. The molecule has 2 atom stereocenters. The van der Waals surface area contributed by atoms with Gasteiger partial charge >= 0.3 is 0 Å². The van der Waals surface area contributed by atoms with Crippen LogP contribution in [0.4, 0.5) is 5.69 Å². The lowest BCUT2D eigenvalue weighted by Gasteiger charge is -2.32. The number of nitrogens with two attached hydrogens (primary N) is 1. The number of anilines is 1. The van der Waals surface area contributed by atoms with Gasteiger partial charge in [-0.05, 0) is 51.2 Å². The molecule has 118 valence electrons. The molecule has 1 heterocycles. The van der Waals surface area contributed by atoms with Crippen LogP contribution in [0.2, 0.25) is 0 Å². The second-order valence-corrected chi connectivity index (χ2v) is 6.45. The van der Waals surface area contributed by atoms with Gasteiger partial charge in [-0.1, -0.05) is 12.1 Å². The van der Waals surface area contributed by atoms with Crippen molar-refractivity contribution < 1.29 is 0 Å². The van der Waals surface area contributed by atoms with E-state index in [2.05, 4.69) is 67.2 Å². The van der Waals surface area contributed by atoms with Crippen molar-refractivity contribution in [3.05, 3.63) is 29.8 Å². The maximum Gasteiger partial charge on any atom is 0.0468 e. The minimum absolute atomic E-state index is 0.301. The third-order valence-electron chi connectivity index (χ3n) is 4.72. The van der Waals surface area contributed by atoms with E-state index in [0.717, 1.165) is 6.54 Å². The Morgan fingerprint density at radius 2 is 1.90 bits per heavy atom. The Kier molecular flexibility index (Phi) is 5.62. The Labute approximate surface area is 129 Å². The molecule has 0 saturated carbocycles. The normalized spacial score (nSPS) is 21.0. The number of likely N-dealkylation sites (N-methyl/N-ethyl adjacent to an activating group) is 2. The van der Waals surface area contributed by atoms with E-state index in [1.54, 1.807) is 0 Å². The van der Waals surface area contributed by atoms with Crippen molar-refractivity contribution in [3.8, 4) is 0 Å². The zero-order valence-electron chi connectivity index (χ0n) is 13.9. The van der Waals surface area contributed by atoms with E-state index in [0.29, 0.717) is 18.6 Å². The van der Waals surface area contributed by atoms with Crippen LogP contribution in [0.1, 0.15) is 24.4 Å². The average molecular weight is 290 g/mol. The van der Waals surface area contributed by atoms with E-state index in [1.165, 1.54) is 30.6 Å². The molecular formula is C17H30N4. The Hall–Kier alpha value is -1.10. The van der Waals surface area contributed by atoms with Crippen LogP contribution in [0.15, 0.2) is 24.3 Å². The topological polar surface area (TPSA) is 35.7 Å². The highest BCUT2D eigenvalue weighted by atomic mass is 15.2. The third-order valence-corrected chi connectivity index (χ3v) is 4.72. The highest BCUT2D eigenvalue weighted by Gasteiger charge is 2.25. The van der Waals surface area contributed by atoms with E-state index >= 15 is 0 Å². The molecule has 1 saturated heterocycles. The number of benzene rings is 1. The number of hydrogen-bond acceptors (Lipinski definition) is 4. The molecule has 1 fully saturated rings. The van der Waals surface area contributed by atoms with Crippen LogP contribution in [-0.4, -0.2) is 63.7 Å². The van der Waals surface area contributed by atoms with Gasteiger partial charge in [-0.3, -0.25) is 4.90 Å². The molecule has 0 bridgehead atoms. The molecule has 0 amide bonds. The summed E-state index contributed by atoms with van der Waals surface area (Å²) >= 11 is 0. The van der Waals surface area contributed by atoms with Gasteiger partial charge in [0.05, 0.1) is 0 Å². The summed E-state index contributed by atoms with van der Waals surface area (Å²) in [6, 6.07) is 9.74. The maximum absolute atomic E-state index is 6.05. The largest absolute Gasteiger partial charge is 0.378 e. The standard InChI is InChI=1S/C17H30N4/c1-19(2)15-9-7-14(8-10-15)17(12-18)21(4)13-16-6-5-11-20(16)3/h7-10,16-17H,5-6,11-13,18H2,1-4H3. The van der Waals surface area contributed by atoms with Crippen molar-refractivity contribution >= 4 is 5.69 Å². The van der Waals surface area contributed by atoms with Crippen molar-refractivity contribution in [2.75, 3.05) is 52.7 Å². The summed E-state index contributed by atoms with van der Waals surface area (Å²) < 4.78 is 0. The van der Waals surface area contributed by atoms with Gasteiger partial charge in [0, 0.05) is 45.0 Å². The molecule has 1 aliphatic rings. The van der Waals surface area contributed by atoms with Gasteiger partial charge in [0.15, 0.2) is 0 Å². The lowest BCUT2D eigenvalue weighted by atomic mass is 10.0. The Morgan fingerprint density at radius 3 is 2.38 bits per heavy atom. The SMILES string of the molecule is CN(C)c1ccc(C(CN)N(C)CC2CCCN2C)cc1. The van der Waals surface area contributed by atoms with Crippen LogP contribution in [0.5, 0.6) is 0 Å². The monoisotopic (exact) mass is 290 g/mol. The van der Waals surface area contributed by atoms with Crippen molar-refractivity contribution in [1.82, 2.24) is 9.80 Å². The predicted octanol–water partition coefficient (Wildman–Crippen LogP) is 1.78. The van der Waals surface area contributed by atoms with Crippen molar-refractivity contribution in [2.45, 2.75) is 24.9 Å². The van der Waals surface area contributed by atoms with Gasteiger partial charge in [-0.15, -0.1) is 0 Å². The van der Waals surface area contributed by atoms with Crippen LogP contribution < -0.4 is 10.6 Å². The van der Waals surface area contributed by atoms with Crippen LogP contribution in [-0.2, 0) is 0 Å². The van der Waals surface area contributed by atoms with Crippen LogP contribution >= 0.6 is 0 Å². The highest BCUT2D eigenvalue weighted by Crippen LogP contribution is 2.24. The first kappa shape index (κ1) is 16.3. The molecule has 1 aromatic carbocycles. The van der Waals surface area contributed by atoms with E-state index in [-0.39, 0.29) is 0 Å². The van der Waals surface area contributed by atoms with Gasteiger partial charge in [0.1, 0.15) is 0 Å². The van der Waals surface area contributed by atoms with Crippen LogP contribution in [0, 0.1) is 0 Å². The number of rotatable bonds is 6. The molecule has 0 aromatic heterocycles. The van der Waals surface area contributed by atoms with Crippen molar-refractivity contribution in [2.24, 2.45) is 5.73 Å². The fraction of sp³-hybridized carbons (Fsp3) is 0.647. The first-order valence-corrected chi connectivity index (χ1v) is 7.90. The third kappa shape index (κ3) is 3.96. The molecular weight excluding hydrogens is 260 g/mol. The number of hydrogen-bond donors (Lipinski definition) is 1. The summed E-state index contributed by atoms with van der Waals surface area (Å²) in [6.07, 6.45) is 2.62. The molecule has 4 nitrogen and oxygen atoms in total. The molecule has 2 rings (SSSR count). The van der Waals surface area contributed by atoms with Gasteiger partial charge in [-0.2, -0.15) is 0 Å². The fourth-order valence-corrected chi connectivity index (χ4v) is 3.23. The molecule has 0 aliphatic carbocycles. The molecule has 1 aliphatic heterocycles. The average Bonchev–Trinajstić information content (AvgIpc) is 2.85. The minimum Gasteiger partial charge on any atom is -0.378 e. The molecule has 4 heteroatoms. The highest BCUT2D eigenvalue weighted by molar-refractivity contribution is 5.46. The molecule has 21 heavy (non-hydrogen) atoms. The molecule has 0 radical (unpaired) electrons. The summed E-state index contributed by atoms with van der Waals surface area (Å²) in [5.74, 6) is 0. The Morgan fingerprint density at radius 1 is 1.24 bits per heavy atom. The lowest BCUT2D eigenvalue weighted by molar-refractivity contribution is 0.179. The van der Waals surface area contributed by atoms with Gasteiger partial charge in [-0.25, -0.2) is 0 Å². The summed E-state index contributed by atoms with van der Waals surface area (Å²) in [5.41, 5.74) is 8.59. The number of nitrogens with zero attached hydrogens (tertiary/aromatic N) is 3. The van der Waals surface area contributed by atoms with E-state index in [4.69, 9.17) is 5.73 Å². The van der Waals surface area contributed by atoms with E-state index < -0.39 is 0 Å². The van der Waals surface area contributed by atoms with Crippen LogP contribution in [0.25, 0.3) is 0 Å². The zero-order valence-corrected chi connectivity index (χ0v) is 13.9. The quantitative estimate of drug-likeness (QED) is 0.866. The predicted molar refractivity (Wildman–Crippen MR) is 90.8 cm³/mol. The van der Waals surface area contributed by atoms with Crippen molar-refractivity contribution in [3.63, 3.8) is 0 Å². The second-order valence-electron chi connectivity index (χ2n) is 6.45. The summed E-state index contributed by atoms with van der Waals surface area (Å²) in [4.78, 5) is 7.01. The van der Waals surface area contributed by atoms with Crippen molar-refractivity contribution in [1.29, 1.82) is 0 Å². The minimum atomic E-state index is 0.301. The lowest BCUT2D eigenvalue weighted by Crippen LogP contribution is -2.40. The van der Waals surface area contributed by atoms with E-state index in [1.807, 2.05) is 0 Å². The van der Waals surface area contributed by atoms with Gasteiger partial charge in [0.25, 0.3) is 0 Å². The Balaban J connectivity index is 2.03.